The third-order valence-corrected chi connectivity index (χ3v) is 5.73. The molecule has 0 radical (unpaired) electrons. The number of hydrogen-bond donors (Lipinski definition) is 1. The minimum absolute atomic E-state index is 0.0265. The standard InChI is InChI=1S/C16H16F3NO3S/c1-23-13-6-8-14(9-7-13)24(21,22)15(10-20)11-2-4-12(5-3-11)16(17,18)19/h2-9,15H,10,20H2,1H3/t15-/m1/s1. The first-order valence-corrected chi connectivity index (χ1v) is 8.50. The Morgan fingerprint density at radius 1 is 1.04 bits per heavy atom. The van der Waals surface area contributed by atoms with Gasteiger partial charge in [-0.3, -0.25) is 0 Å². The highest BCUT2D eigenvalue weighted by Crippen LogP contribution is 2.33. The molecule has 4 nitrogen and oxygen atoms in total. The molecule has 2 rings (SSSR count). The zero-order valence-electron chi connectivity index (χ0n) is 12.7. The van der Waals surface area contributed by atoms with E-state index in [-0.39, 0.29) is 17.0 Å². The van der Waals surface area contributed by atoms with E-state index in [4.69, 9.17) is 10.5 Å². The average molecular weight is 359 g/mol. The van der Waals surface area contributed by atoms with E-state index in [1.807, 2.05) is 0 Å². The van der Waals surface area contributed by atoms with Crippen LogP contribution in [0.25, 0.3) is 0 Å². The summed E-state index contributed by atoms with van der Waals surface area (Å²) in [5.74, 6) is 0.493. The maximum Gasteiger partial charge on any atom is 0.416 e. The fourth-order valence-electron chi connectivity index (χ4n) is 2.26. The minimum Gasteiger partial charge on any atom is -0.497 e. The van der Waals surface area contributed by atoms with Gasteiger partial charge in [0.1, 0.15) is 11.0 Å². The van der Waals surface area contributed by atoms with Gasteiger partial charge in [-0.15, -0.1) is 0 Å². The van der Waals surface area contributed by atoms with Gasteiger partial charge in [-0.25, -0.2) is 8.42 Å². The number of ether oxygens (including phenoxy) is 1. The van der Waals surface area contributed by atoms with Crippen LogP contribution >= 0.6 is 0 Å². The Labute approximate surface area is 138 Å². The summed E-state index contributed by atoms with van der Waals surface area (Å²) in [6.07, 6.45) is -4.48. The molecule has 8 heteroatoms. The van der Waals surface area contributed by atoms with Gasteiger partial charge in [0.05, 0.1) is 17.6 Å². The summed E-state index contributed by atoms with van der Waals surface area (Å²) in [6, 6.07) is 9.72. The van der Waals surface area contributed by atoms with E-state index in [0.29, 0.717) is 5.75 Å². The lowest BCUT2D eigenvalue weighted by molar-refractivity contribution is -0.137. The lowest BCUT2D eigenvalue weighted by atomic mass is 10.1. The Kier molecular flexibility index (Phi) is 5.19. The topological polar surface area (TPSA) is 69.4 Å². The fourth-order valence-corrected chi connectivity index (χ4v) is 3.87. The molecule has 24 heavy (non-hydrogen) atoms. The zero-order chi connectivity index (χ0) is 18.0. The normalized spacial score (nSPS) is 13.5. The van der Waals surface area contributed by atoms with Crippen molar-refractivity contribution in [3.63, 3.8) is 0 Å². The molecule has 2 aromatic carbocycles. The van der Waals surface area contributed by atoms with Crippen molar-refractivity contribution in [2.75, 3.05) is 13.7 Å². The first-order chi connectivity index (χ1) is 11.2. The third-order valence-electron chi connectivity index (χ3n) is 3.59. The van der Waals surface area contributed by atoms with E-state index in [1.54, 1.807) is 0 Å². The van der Waals surface area contributed by atoms with Gasteiger partial charge < -0.3 is 10.5 Å². The summed E-state index contributed by atoms with van der Waals surface area (Å²) in [5.41, 5.74) is 4.95. The molecule has 1 atom stereocenters. The van der Waals surface area contributed by atoms with Gasteiger partial charge in [0.25, 0.3) is 0 Å². The lowest BCUT2D eigenvalue weighted by Crippen LogP contribution is -2.22. The Hall–Kier alpha value is -2.06. The monoisotopic (exact) mass is 359 g/mol. The van der Waals surface area contributed by atoms with Crippen LogP contribution in [0.2, 0.25) is 0 Å². The van der Waals surface area contributed by atoms with E-state index >= 15 is 0 Å². The molecule has 0 saturated heterocycles. The van der Waals surface area contributed by atoms with Crippen molar-refractivity contribution in [2.24, 2.45) is 5.73 Å². The lowest BCUT2D eigenvalue weighted by Gasteiger charge is -2.17. The van der Waals surface area contributed by atoms with Crippen LogP contribution in [0.1, 0.15) is 16.4 Å². The Morgan fingerprint density at radius 2 is 1.58 bits per heavy atom. The quantitative estimate of drug-likeness (QED) is 0.890. The molecule has 0 spiro atoms. The van der Waals surface area contributed by atoms with Crippen LogP contribution < -0.4 is 10.5 Å². The molecular formula is C16H16F3NO3S. The number of rotatable bonds is 5. The largest absolute Gasteiger partial charge is 0.497 e. The van der Waals surface area contributed by atoms with Gasteiger partial charge in [0.15, 0.2) is 9.84 Å². The van der Waals surface area contributed by atoms with Crippen molar-refractivity contribution < 1.29 is 26.3 Å². The predicted octanol–water partition coefficient (Wildman–Crippen LogP) is 3.19. The molecule has 0 amide bonds. The molecule has 0 aliphatic rings. The second-order valence-corrected chi connectivity index (χ2v) is 7.20. The van der Waals surface area contributed by atoms with Gasteiger partial charge in [-0.2, -0.15) is 13.2 Å². The minimum atomic E-state index is -4.48. The van der Waals surface area contributed by atoms with E-state index in [2.05, 4.69) is 0 Å². The van der Waals surface area contributed by atoms with Gasteiger partial charge in [-0.1, -0.05) is 12.1 Å². The second kappa shape index (κ2) is 6.82. The zero-order valence-corrected chi connectivity index (χ0v) is 13.6. The molecule has 0 fully saturated rings. The van der Waals surface area contributed by atoms with Crippen molar-refractivity contribution in [2.45, 2.75) is 16.3 Å². The molecule has 130 valence electrons. The van der Waals surface area contributed by atoms with Crippen LogP contribution in [-0.4, -0.2) is 22.1 Å². The van der Waals surface area contributed by atoms with Crippen LogP contribution in [0.5, 0.6) is 5.75 Å². The SMILES string of the molecule is COc1ccc(S(=O)(=O)[C@H](CN)c2ccc(C(F)(F)F)cc2)cc1. The van der Waals surface area contributed by atoms with Crippen LogP contribution in [0.15, 0.2) is 53.4 Å². The van der Waals surface area contributed by atoms with E-state index in [9.17, 15) is 21.6 Å². The predicted molar refractivity (Wildman–Crippen MR) is 83.4 cm³/mol. The van der Waals surface area contributed by atoms with Gasteiger partial charge in [0, 0.05) is 6.54 Å². The van der Waals surface area contributed by atoms with Crippen LogP contribution in [0.4, 0.5) is 13.2 Å². The van der Waals surface area contributed by atoms with Crippen molar-refractivity contribution >= 4 is 9.84 Å². The molecular weight excluding hydrogens is 343 g/mol. The van der Waals surface area contributed by atoms with Crippen molar-refractivity contribution in [1.29, 1.82) is 0 Å². The number of alkyl halides is 3. The Bertz CT molecular complexity index is 785. The van der Waals surface area contributed by atoms with Gasteiger partial charge in [0.2, 0.25) is 0 Å². The first-order valence-electron chi connectivity index (χ1n) is 6.95. The summed E-state index contributed by atoms with van der Waals surface area (Å²) in [6.45, 7) is -0.250. The highest BCUT2D eigenvalue weighted by molar-refractivity contribution is 7.91. The van der Waals surface area contributed by atoms with Crippen molar-refractivity contribution in [1.82, 2.24) is 0 Å². The van der Waals surface area contributed by atoms with Crippen LogP contribution in [0.3, 0.4) is 0 Å². The van der Waals surface area contributed by atoms with Crippen molar-refractivity contribution in [3.8, 4) is 5.75 Å². The van der Waals surface area contributed by atoms with Crippen molar-refractivity contribution in [3.05, 3.63) is 59.7 Å². The molecule has 0 saturated carbocycles. The van der Waals surface area contributed by atoms with E-state index in [0.717, 1.165) is 24.3 Å². The number of hydrogen-bond acceptors (Lipinski definition) is 4. The maximum absolute atomic E-state index is 12.7. The third kappa shape index (κ3) is 3.70. The molecule has 2 N–H and O–H groups in total. The smallest absolute Gasteiger partial charge is 0.416 e. The summed E-state index contributed by atoms with van der Waals surface area (Å²) in [4.78, 5) is 0.0265. The molecule has 0 heterocycles. The maximum atomic E-state index is 12.7. The Morgan fingerprint density at radius 3 is 2.00 bits per heavy atom. The number of methoxy groups -OCH3 is 1. The number of benzene rings is 2. The number of nitrogens with two attached hydrogens (primary N) is 1. The second-order valence-electron chi connectivity index (χ2n) is 5.06. The summed E-state index contributed by atoms with van der Waals surface area (Å²) in [5, 5.41) is -1.13. The number of sulfone groups is 1. The number of halogens is 3. The summed E-state index contributed by atoms with van der Waals surface area (Å²) in [7, 11) is -2.39. The molecule has 0 bridgehead atoms. The summed E-state index contributed by atoms with van der Waals surface area (Å²) >= 11 is 0. The molecule has 2 aromatic rings. The molecule has 0 unspecified atom stereocenters. The van der Waals surface area contributed by atoms with E-state index < -0.39 is 26.8 Å². The van der Waals surface area contributed by atoms with Crippen LogP contribution in [-0.2, 0) is 16.0 Å². The first kappa shape index (κ1) is 18.3. The fraction of sp³-hybridized carbons (Fsp3) is 0.250. The highest BCUT2D eigenvalue weighted by Gasteiger charge is 2.32. The Balaban J connectivity index is 2.38. The van der Waals surface area contributed by atoms with Gasteiger partial charge in [-0.05, 0) is 42.0 Å². The average Bonchev–Trinajstić information content (AvgIpc) is 2.55. The van der Waals surface area contributed by atoms with E-state index in [1.165, 1.54) is 31.4 Å². The summed E-state index contributed by atoms with van der Waals surface area (Å²) < 4.78 is 68.2. The van der Waals surface area contributed by atoms with Crippen LogP contribution in [0, 0.1) is 0 Å². The molecule has 0 aromatic heterocycles. The molecule has 0 aliphatic carbocycles. The van der Waals surface area contributed by atoms with Gasteiger partial charge >= 0.3 is 6.18 Å². The molecule has 0 aliphatic heterocycles. The highest BCUT2D eigenvalue weighted by atomic mass is 32.2.